The Bertz CT molecular complexity index is 869. The van der Waals surface area contributed by atoms with E-state index in [9.17, 15) is 14.7 Å². The first kappa shape index (κ1) is 46.6. The van der Waals surface area contributed by atoms with Gasteiger partial charge in [-0.2, -0.15) is 0 Å². The zero-order valence-corrected chi connectivity index (χ0v) is 31.9. The maximum absolute atomic E-state index is 12.1. The number of allylic oxidation sites excluding steroid dienone is 9. The van der Waals surface area contributed by atoms with Crippen molar-refractivity contribution in [3.8, 4) is 0 Å². The molecular formula is C44H76O5. The summed E-state index contributed by atoms with van der Waals surface area (Å²) in [6.45, 7) is 3.94. The van der Waals surface area contributed by atoms with Gasteiger partial charge >= 0.3 is 11.9 Å². The Morgan fingerprint density at radius 3 is 1.24 bits per heavy atom. The third-order valence-corrected chi connectivity index (χ3v) is 8.61. The van der Waals surface area contributed by atoms with Gasteiger partial charge in [0.05, 0.1) is 13.0 Å². The van der Waals surface area contributed by atoms with Gasteiger partial charge in [-0.05, 0) is 38.5 Å². The van der Waals surface area contributed by atoms with Crippen molar-refractivity contribution < 1.29 is 24.2 Å². The van der Waals surface area contributed by atoms with Crippen LogP contribution in [0.2, 0.25) is 0 Å². The van der Waals surface area contributed by atoms with E-state index in [0.29, 0.717) is 6.42 Å². The first-order chi connectivity index (χ1) is 24.1. The second-order valence-electron chi connectivity index (χ2n) is 13.4. The third-order valence-electron chi connectivity index (χ3n) is 8.61. The monoisotopic (exact) mass is 685 g/mol. The van der Waals surface area contributed by atoms with Crippen molar-refractivity contribution in [1.82, 2.24) is 0 Å². The fourth-order valence-corrected chi connectivity index (χ4v) is 5.57. The number of hydrogen-bond donors (Lipinski definition) is 1. The number of hydrogen-bond acceptors (Lipinski definition) is 5. The number of carbonyl (C=O) groups is 2. The molecule has 0 fully saturated rings. The largest absolute Gasteiger partial charge is 0.462 e. The lowest BCUT2D eigenvalue weighted by Gasteiger charge is -2.15. The summed E-state index contributed by atoms with van der Waals surface area (Å²) >= 11 is 0. The van der Waals surface area contributed by atoms with E-state index in [-0.39, 0.29) is 25.6 Å². The van der Waals surface area contributed by atoms with Crippen LogP contribution in [0, 0.1) is 0 Å². The zero-order valence-electron chi connectivity index (χ0n) is 31.9. The van der Waals surface area contributed by atoms with E-state index in [2.05, 4.69) is 62.5 Å². The van der Waals surface area contributed by atoms with Crippen LogP contribution in [0.1, 0.15) is 187 Å². The lowest BCUT2D eigenvalue weighted by Crippen LogP contribution is -2.28. The van der Waals surface area contributed by atoms with E-state index in [4.69, 9.17) is 9.47 Å². The summed E-state index contributed by atoms with van der Waals surface area (Å²) in [6.07, 6.45) is 51.7. The molecule has 1 N–H and O–H groups in total. The molecule has 0 spiro atoms. The van der Waals surface area contributed by atoms with Crippen molar-refractivity contribution in [2.45, 2.75) is 193 Å². The summed E-state index contributed by atoms with van der Waals surface area (Å²) in [7, 11) is 0. The zero-order chi connectivity index (χ0) is 35.7. The predicted octanol–water partition coefficient (Wildman–Crippen LogP) is 12.8. The fourth-order valence-electron chi connectivity index (χ4n) is 5.57. The average molecular weight is 685 g/mol. The van der Waals surface area contributed by atoms with Crippen LogP contribution in [0.25, 0.3) is 0 Å². The Morgan fingerprint density at radius 1 is 0.490 bits per heavy atom. The molecule has 1 unspecified atom stereocenters. The minimum absolute atomic E-state index is 0.105. The smallest absolute Gasteiger partial charge is 0.310 e. The van der Waals surface area contributed by atoms with Crippen LogP contribution in [0.4, 0.5) is 0 Å². The van der Waals surface area contributed by atoms with Crippen LogP contribution < -0.4 is 0 Å². The van der Waals surface area contributed by atoms with Gasteiger partial charge in [-0.15, -0.1) is 0 Å². The summed E-state index contributed by atoms with van der Waals surface area (Å²) in [5, 5.41) is 9.53. The van der Waals surface area contributed by atoms with Gasteiger partial charge < -0.3 is 14.6 Å². The molecular weight excluding hydrogens is 608 g/mol. The molecule has 5 heteroatoms. The Morgan fingerprint density at radius 2 is 0.857 bits per heavy atom. The minimum Gasteiger partial charge on any atom is -0.462 e. The highest BCUT2D eigenvalue weighted by Crippen LogP contribution is 2.15. The first-order valence-electron chi connectivity index (χ1n) is 20.3. The van der Waals surface area contributed by atoms with Gasteiger partial charge in [-0.1, -0.05) is 197 Å². The van der Waals surface area contributed by atoms with Crippen LogP contribution in [0.15, 0.2) is 60.8 Å². The Kier molecular flexibility index (Phi) is 38.1. The predicted molar refractivity (Wildman–Crippen MR) is 210 cm³/mol. The standard InChI is InChI=1S/C44H76O5/c1-3-5-7-9-11-13-15-17-19-20-21-22-23-25-26-28-30-32-34-36-38-43(46)48-41-42(40-45)49-44(47)39-37-35-33-31-29-27-24-18-16-14-12-10-8-6-4-2/h6,8,12,14,18,24,29,31,35,37,42,45H,3-5,7,9-11,13,15-17,19-23,25-28,30,32-34,36,38-41H2,1-2H3/b8-6-,14-12-,24-18-,31-29-,37-35-. The molecule has 282 valence electrons. The second kappa shape index (κ2) is 40.0. The second-order valence-corrected chi connectivity index (χ2v) is 13.4. The number of aliphatic hydroxyl groups excluding tert-OH is 1. The molecule has 0 rings (SSSR count). The molecule has 0 bridgehead atoms. The molecule has 0 aliphatic heterocycles. The number of carbonyl (C=O) groups excluding carboxylic acids is 2. The van der Waals surface area contributed by atoms with E-state index in [0.717, 1.165) is 51.4 Å². The Labute approximate surface area is 302 Å². The number of esters is 2. The SMILES string of the molecule is CC/C=C\C/C=C\C/C=C\C/C=C\C/C=C\CC(=O)OC(CO)COC(=O)CCCCCCCCCCCCCCCCCCCCCC. The number of ether oxygens (including phenoxy) is 2. The third kappa shape index (κ3) is 38.3. The van der Waals surface area contributed by atoms with E-state index in [1.807, 2.05) is 6.08 Å². The highest BCUT2D eigenvalue weighted by molar-refractivity contribution is 5.71. The number of aliphatic hydroxyl groups is 1. The first-order valence-corrected chi connectivity index (χ1v) is 20.3. The van der Waals surface area contributed by atoms with Crippen LogP contribution in [-0.2, 0) is 19.1 Å². The lowest BCUT2D eigenvalue weighted by molar-refractivity contribution is -0.160. The molecule has 0 aromatic rings. The van der Waals surface area contributed by atoms with E-state index >= 15 is 0 Å². The summed E-state index contributed by atoms with van der Waals surface area (Å²) in [6, 6.07) is 0. The van der Waals surface area contributed by atoms with Crippen LogP contribution in [0.5, 0.6) is 0 Å². The molecule has 0 aliphatic carbocycles. The quantitative estimate of drug-likeness (QED) is 0.0404. The van der Waals surface area contributed by atoms with Gasteiger partial charge in [0, 0.05) is 6.42 Å². The van der Waals surface area contributed by atoms with Gasteiger partial charge in [-0.25, -0.2) is 0 Å². The Balaban J connectivity index is 3.62. The molecule has 49 heavy (non-hydrogen) atoms. The summed E-state index contributed by atoms with van der Waals surface area (Å²) in [4.78, 5) is 24.2. The van der Waals surface area contributed by atoms with Gasteiger partial charge in [0.1, 0.15) is 6.61 Å². The molecule has 1 atom stereocenters. The van der Waals surface area contributed by atoms with Gasteiger partial charge in [-0.3, -0.25) is 9.59 Å². The normalized spacial score (nSPS) is 12.8. The molecule has 0 radical (unpaired) electrons. The summed E-state index contributed by atoms with van der Waals surface area (Å²) in [5.41, 5.74) is 0. The fraction of sp³-hybridized carbons (Fsp3) is 0.727. The van der Waals surface area contributed by atoms with Crippen molar-refractivity contribution in [1.29, 1.82) is 0 Å². The van der Waals surface area contributed by atoms with Gasteiger partial charge in [0.2, 0.25) is 0 Å². The van der Waals surface area contributed by atoms with E-state index in [1.165, 1.54) is 109 Å². The van der Waals surface area contributed by atoms with Crippen LogP contribution in [0.3, 0.4) is 0 Å². The lowest BCUT2D eigenvalue weighted by atomic mass is 10.0. The maximum atomic E-state index is 12.1. The van der Waals surface area contributed by atoms with Crippen molar-refractivity contribution in [3.63, 3.8) is 0 Å². The average Bonchev–Trinajstić information content (AvgIpc) is 3.10. The molecule has 0 aromatic heterocycles. The minimum atomic E-state index is -0.825. The molecule has 0 saturated carbocycles. The van der Waals surface area contributed by atoms with Crippen LogP contribution in [-0.4, -0.2) is 36.4 Å². The molecule has 0 saturated heterocycles. The molecule has 5 nitrogen and oxygen atoms in total. The maximum Gasteiger partial charge on any atom is 0.310 e. The molecule has 0 aliphatic rings. The van der Waals surface area contributed by atoms with E-state index < -0.39 is 12.1 Å². The topological polar surface area (TPSA) is 72.8 Å². The van der Waals surface area contributed by atoms with Gasteiger partial charge in [0.25, 0.3) is 0 Å². The number of rotatable bonds is 36. The van der Waals surface area contributed by atoms with Crippen molar-refractivity contribution in [3.05, 3.63) is 60.8 Å². The number of unbranched alkanes of at least 4 members (excludes halogenated alkanes) is 19. The van der Waals surface area contributed by atoms with E-state index in [1.54, 1.807) is 6.08 Å². The molecule has 0 aromatic carbocycles. The molecule has 0 heterocycles. The van der Waals surface area contributed by atoms with Gasteiger partial charge in [0.15, 0.2) is 6.10 Å². The summed E-state index contributed by atoms with van der Waals surface area (Å²) in [5.74, 6) is -0.736. The Hall–Kier alpha value is -2.40. The summed E-state index contributed by atoms with van der Waals surface area (Å²) < 4.78 is 10.5. The highest BCUT2D eigenvalue weighted by atomic mass is 16.6. The van der Waals surface area contributed by atoms with Crippen LogP contribution >= 0.6 is 0 Å². The molecule has 0 amide bonds. The van der Waals surface area contributed by atoms with Crippen molar-refractivity contribution in [2.75, 3.05) is 13.2 Å². The van der Waals surface area contributed by atoms with Crippen molar-refractivity contribution >= 4 is 11.9 Å². The van der Waals surface area contributed by atoms with Crippen molar-refractivity contribution in [2.24, 2.45) is 0 Å². The highest BCUT2D eigenvalue weighted by Gasteiger charge is 2.15.